The molecule has 0 amide bonds. The molecule has 0 aliphatic rings. The minimum Gasteiger partial charge on any atom is -0.342 e. The van der Waals surface area contributed by atoms with Crippen LogP contribution >= 0.6 is 11.3 Å². The minimum absolute atomic E-state index is 0.106. The minimum atomic E-state index is -0.106. The van der Waals surface area contributed by atoms with E-state index in [-0.39, 0.29) is 5.56 Å². The van der Waals surface area contributed by atoms with Crippen molar-refractivity contribution in [1.29, 1.82) is 0 Å². The smallest absolute Gasteiger partial charge is 0.275 e. The number of hydrogen-bond donors (Lipinski definition) is 0. The lowest BCUT2D eigenvalue weighted by molar-refractivity contribution is 0.746. The van der Waals surface area contributed by atoms with Crippen LogP contribution in [0.4, 0.5) is 5.13 Å². The fraction of sp³-hybridized carbons (Fsp3) is 0.353. The summed E-state index contributed by atoms with van der Waals surface area (Å²) in [5.74, 6) is 0. The summed E-state index contributed by atoms with van der Waals surface area (Å²) >= 11 is 1.47. The third-order valence-corrected chi connectivity index (χ3v) is 4.60. The van der Waals surface area contributed by atoms with Crippen molar-refractivity contribution in [2.24, 2.45) is 0 Å². The summed E-state index contributed by atoms with van der Waals surface area (Å²) in [7, 11) is 0. The first-order chi connectivity index (χ1) is 11.2. The van der Waals surface area contributed by atoms with Crippen molar-refractivity contribution in [1.82, 2.24) is 14.6 Å². The number of fused-ring (bicyclic) bond motifs is 1. The molecule has 0 aliphatic heterocycles. The summed E-state index contributed by atoms with van der Waals surface area (Å²) in [6.45, 7) is 5.82. The molecular formula is C17H20N4OS. The van der Waals surface area contributed by atoms with Gasteiger partial charge in [0.15, 0.2) is 0 Å². The van der Waals surface area contributed by atoms with Crippen molar-refractivity contribution < 1.29 is 0 Å². The topological polar surface area (TPSA) is 50.5 Å². The van der Waals surface area contributed by atoms with Crippen LogP contribution in [0.5, 0.6) is 0 Å². The summed E-state index contributed by atoms with van der Waals surface area (Å²) in [5, 5.41) is 5.33. The van der Waals surface area contributed by atoms with E-state index in [4.69, 9.17) is 0 Å². The van der Waals surface area contributed by atoms with Crippen LogP contribution in [-0.2, 0) is 13.0 Å². The number of hydrogen-bond acceptors (Lipinski definition) is 5. The second kappa shape index (κ2) is 6.91. The molecule has 0 bridgehead atoms. The molecule has 0 saturated carbocycles. The second-order valence-corrected chi connectivity index (χ2v) is 6.36. The molecular weight excluding hydrogens is 308 g/mol. The van der Waals surface area contributed by atoms with E-state index in [1.807, 2.05) is 25.1 Å². The van der Waals surface area contributed by atoms with Gasteiger partial charge >= 0.3 is 0 Å². The molecule has 5 nitrogen and oxygen atoms in total. The Morgan fingerprint density at radius 2 is 2.00 bits per heavy atom. The van der Waals surface area contributed by atoms with Crippen LogP contribution in [-0.4, -0.2) is 21.1 Å². The van der Waals surface area contributed by atoms with Gasteiger partial charge in [-0.3, -0.25) is 4.79 Å². The Morgan fingerprint density at radius 1 is 1.22 bits per heavy atom. The molecule has 0 unspecified atom stereocenters. The van der Waals surface area contributed by atoms with Gasteiger partial charge in [0.1, 0.15) is 0 Å². The van der Waals surface area contributed by atoms with Crippen LogP contribution in [0.1, 0.15) is 31.5 Å². The molecule has 120 valence electrons. The van der Waals surface area contributed by atoms with E-state index < -0.39 is 0 Å². The zero-order valence-corrected chi connectivity index (χ0v) is 14.2. The average molecular weight is 328 g/mol. The van der Waals surface area contributed by atoms with E-state index in [2.05, 4.69) is 34.0 Å². The van der Waals surface area contributed by atoms with Crippen molar-refractivity contribution in [3.63, 3.8) is 0 Å². The molecule has 0 radical (unpaired) electrons. The van der Waals surface area contributed by atoms with Gasteiger partial charge in [-0.25, -0.2) is 4.98 Å². The highest BCUT2D eigenvalue weighted by atomic mass is 32.1. The van der Waals surface area contributed by atoms with E-state index in [1.165, 1.54) is 21.4 Å². The van der Waals surface area contributed by atoms with E-state index in [0.717, 1.165) is 36.8 Å². The third-order valence-electron chi connectivity index (χ3n) is 3.63. The van der Waals surface area contributed by atoms with E-state index in [9.17, 15) is 4.79 Å². The average Bonchev–Trinajstić information content (AvgIpc) is 3.00. The van der Waals surface area contributed by atoms with Gasteiger partial charge in [-0.1, -0.05) is 55.5 Å². The molecule has 1 aromatic carbocycles. The zero-order chi connectivity index (χ0) is 16.2. The van der Waals surface area contributed by atoms with E-state index in [1.54, 1.807) is 6.07 Å². The van der Waals surface area contributed by atoms with Crippen molar-refractivity contribution in [3.05, 3.63) is 58.0 Å². The zero-order valence-electron chi connectivity index (χ0n) is 13.4. The standard InChI is InChI=1S/C17H20N4OS/c1-3-10-20(12-13-8-6-5-7-9-13)17-19-21-15(22)11-14(4-2)18-16(21)23-17/h5-9,11H,3-4,10,12H2,1-2H3. The number of anilines is 1. The summed E-state index contributed by atoms with van der Waals surface area (Å²) < 4.78 is 1.41. The summed E-state index contributed by atoms with van der Waals surface area (Å²) in [6, 6.07) is 11.9. The Kier molecular flexibility index (Phi) is 4.71. The maximum absolute atomic E-state index is 12.2. The predicted octanol–water partition coefficient (Wildman–Crippen LogP) is 3.13. The molecule has 0 N–H and O–H groups in total. The van der Waals surface area contributed by atoms with Gasteiger partial charge in [-0.2, -0.15) is 4.52 Å². The quantitative estimate of drug-likeness (QED) is 0.697. The summed E-state index contributed by atoms with van der Waals surface area (Å²) in [5.41, 5.74) is 1.94. The molecule has 6 heteroatoms. The van der Waals surface area contributed by atoms with Gasteiger partial charge in [-0.15, -0.1) is 5.10 Å². The summed E-state index contributed by atoms with van der Waals surface area (Å²) in [4.78, 5) is 19.5. The molecule has 0 atom stereocenters. The maximum Gasteiger partial charge on any atom is 0.275 e. The van der Waals surface area contributed by atoms with E-state index in [0.29, 0.717) is 4.96 Å². The Morgan fingerprint density at radius 3 is 2.70 bits per heavy atom. The number of nitrogens with zero attached hydrogens (tertiary/aromatic N) is 4. The van der Waals surface area contributed by atoms with Gasteiger partial charge in [-0.05, 0) is 18.4 Å². The highest BCUT2D eigenvalue weighted by molar-refractivity contribution is 7.20. The first-order valence-corrected chi connectivity index (χ1v) is 8.71. The predicted molar refractivity (Wildman–Crippen MR) is 94.3 cm³/mol. The van der Waals surface area contributed by atoms with Crippen molar-refractivity contribution in [2.75, 3.05) is 11.4 Å². The monoisotopic (exact) mass is 328 g/mol. The first-order valence-electron chi connectivity index (χ1n) is 7.90. The molecule has 3 rings (SSSR count). The fourth-order valence-corrected chi connectivity index (χ4v) is 3.42. The normalized spacial score (nSPS) is 11.0. The Bertz CT molecular complexity index is 841. The van der Waals surface area contributed by atoms with Gasteiger partial charge < -0.3 is 4.90 Å². The lowest BCUT2D eigenvalue weighted by atomic mass is 10.2. The second-order valence-electron chi connectivity index (χ2n) is 5.43. The van der Waals surface area contributed by atoms with Crippen LogP contribution in [0, 0.1) is 0 Å². The van der Waals surface area contributed by atoms with Crippen molar-refractivity contribution >= 4 is 21.4 Å². The molecule has 23 heavy (non-hydrogen) atoms. The lowest BCUT2D eigenvalue weighted by Gasteiger charge is -2.20. The molecule has 0 spiro atoms. The van der Waals surface area contributed by atoms with Gasteiger partial charge in [0.2, 0.25) is 10.1 Å². The summed E-state index contributed by atoms with van der Waals surface area (Å²) in [6.07, 6.45) is 1.77. The van der Waals surface area contributed by atoms with Crippen LogP contribution < -0.4 is 10.5 Å². The SMILES string of the molecule is CCCN(Cc1ccccc1)c1nn2c(=O)cc(CC)nc2s1. The van der Waals surface area contributed by atoms with Crippen molar-refractivity contribution in [3.8, 4) is 0 Å². The van der Waals surface area contributed by atoms with Gasteiger partial charge in [0, 0.05) is 24.8 Å². The van der Waals surface area contributed by atoms with Gasteiger partial charge in [0.25, 0.3) is 5.56 Å². The highest BCUT2D eigenvalue weighted by Crippen LogP contribution is 2.23. The molecule has 0 fully saturated rings. The number of aromatic nitrogens is 3. The van der Waals surface area contributed by atoms with Crippen LogP contribution in [0.3, 0.4) is 0 Å². The Hall–Kier alpha value is -2.21. The largest absolute Gasteiger partial charge is 0.342 e. The first kappa shape index (κ1) is 15.7. The molecule has 3 aromatic rings. The van der Waals surface area contributed by atoms with Crippen LogP contribution in [0.25, 0.3) is 4.96 Å². The van der Waals surface area contributed by atoms with Crippen LogP contribution in [0.15, 0.2) is 41.2 Å². The fourth-order valence-electron chi connectivity index (χ4n) is 2.47. The third kappa shape index (κ3) is 3.42. The van der Waals surface area contributed by atoms with E-state index >= 15 is 0 Å². The molecule has 0 saturated heterocycles. The Balaban J connectivity index is 1.97. The number of rotatable bonds is 6. The molecule has 2 heterocycles. The Labute approximate surface area is 139 Å². The van der Waals surface area contributed by atoms with Gasteiger partial charge in [0.05, 0.1) is 0 Å². The van der Waals surface area contributed by atoms with Crippen LogP contribution in [0.2, 0.25) is 0 Å². The van der Waals surface area contributed by atoms with Crippen molar-refractivity contribution in [2.45, 2.75) is 33.2 Å². The lowest BCUT2D eigenvalue weighted by Crippen LogP contribution is -2.24. The highest BCUT2D eigenvalue weighted by Gasteiger charge is 2.14. The molecule has 2 aromatic heterocycles. The maximum atomic E-state index is 12.2. The number of benzene rings is 1. The molecule has 0 aliphatic carbocycles. The number of aryl methyl sites for hydroxylation is 1.